The number of rotatable bonds is 9. The molecule has 0 saturated heterocycles. The molecular formula is C26H24ClN7O3S2. The Hall–Kier alpha value is -4.10. The van der Waals surface area contributed by atoms with E-state index in [1.54, 1.807) is 30.3 Å². The fraction of sp³-hybridized carbons (Fsp3) is 0.0769. The van der Waals surface area contributed by atoms with Crippen LogP contribution in [0.25, 0.3) is 10.2 Å². The van der Waals surface area contributed by atoms with Gasteiger partial charge in [0, 0.05) is 17.4 Å². The highest BCUT2D eigenvalue weighted by Crippen LogP contribution is 2.30. The van der Waals surface area contributed by atoms with Crippen molar-refractivity contribution < 1.29 is 13.2 Å². The van der Waals surface area contributed by atoms with E-state index >= 15 is 0 Å². The second-order valence-electron chi connectivity index (χ2n) is 8.46. The highest BCUT2D eigenvalue weighted by molar-refractivity contribution is 7.89. The van der Waals surface area contributed by atoms with Gasteiger partial charge in [0.25, 0.3) is 5.91 Å². The summed E-state index contributed by atoms with van der Waals surface area (Å²) in [6.45, 7) is 0. The smallest absolute Gasteiger partial charge is 0.273 e. The molecule has 13 heteroatoms. The number of nitrogens with two attached hydrogens (primary N) is 1. The van der Waals surface area contributed by atoms with Crippen molar-refractivity contribution in [2.45, 2.75) is 17.4 Å². The molecule has 1 amide bonds. The van der Waals surface area contributed by atoms with Crippen LogP contribution in [0.5, 0.6) is 0 Å². The first kappa shape index (κ1) is 27.9. The van der Waals surface area contributed by atoms with Crippen LogP contribution in [0.4, 0.5) is 5.69 Å². The van der Waals surface area contributed by atoms with Crippen LogP contribution in [-0.4, -0.2) is 35.3 Å². The Balaban J connectivity index is 0.00000353. The Morgan fingerprint density at radius 2 is 1.85 bits per heavy atom. The van der Waals surface area contributed by atoms with Crippen LogP contribution in [-0.2, 0) is 16.4 Å². The maximum Gasteiger partial charge on any atom is 0.273 e. The molecule has 1 unspecified atom stereocenters. The lowest BCUT2D eigenvalue weighted by Gasteiger charge is -2.18. The van der Waals surface area contributed by atoms with Crippen molar-refractivity contribution in [2.24, 2.45) is 5.73 Å². The second-order valence-corrected chi connectivity index (χ2v) is 11.2. The Bertz CT molecular complexity index is 1700. The number of hydrogen-bond acceptors (Lipinski definition) is 7. The van der Waals surface area contributed by atoms with E-state index in [0.717, 1.165) is 15.8 Å². The molecule has 0 aliphatic heterocycles. The molecule has 10 nitrogen and oxygen atoms in total. The molecule has 2 heterocycles. The van der Waals surface area contributed by atoms with Crippen LogP contribution in [0.15, 0.2) is 90.0 Å². The largest absolute Gasteiger partial charge is 0.384 e. The fourth-order valence-corrected chi connectivity index (χ4v) is 6.24. The molecule has 6 N–H and O–H groups in total. The average Bonchev–Trinajstić information content (AvgIpc) is 3.59. The molecule has 0 saturated carbocycles. The molecule has 5 rings (SSSR count). The highest BCUT2D eigenvalue weighted by atomic mass is 35.5. The summed E-state index contributed by atoms with van der Waals surface area (Å²) in [7, 11) is -4.03. The predicted octanol–water partition coefficient (Wildman–Crippen LogP) is 4.24. The van der Waals surface area contributed by atoms with Crippen LogP contribution < -0.4 is 15.8 Å². The molecule has 0 aliphatic carbocycles. The first-order valence-electron chi connectivity index (χ1n) is 11.5. The predicted molar refractivity (Wildman–Crippen MR) is 154 cm³/mol. The van der Waals surface area contributed by atoms with Gasteiger partial charge in [-0.25, -0.2) is 18.1 Å². The number of benzene rings is 3. The Labute approximate surface area is 234 Å². The number of halogens is 1. The molecule has 5 aromatic rings. The van der Waals surface area contributed by atoms with Crippen molar-refractivity contribution in [3.05, 3.63) is 107 Å². The van der Waals surface area contributed by atoms with E-state index in [1.165, 1.54) is 35.7 Å². The summed E-state index contributed by atoms with van der Waals surface area (Å²) in [6, 6.07) is 21.6. The summed E-state index contributed by atoms with van der Waals surface area (Å²) >= 11 is 1.41. The lowest BCUT2D eigenvalue weighted by Crippen LogP contribution is -2.30. The Morgan fingerprint density at radius 3 is 2.59 bits per heavy atom. The summed E-state index contributed by atoms with van der Waals surface area (Å²) in [5, 5.41) is 17.3. The molecule has 39 heavy (non-hydrogen) atoms. The van der Waals surface area contributed by atoms with Gasteiger partial charge in [-0.2, -0.15) is 5.10 Å². The third-order valence-corrected chi connectivity index (χ3v) is 8.35. The van der Waals surface area contributed by atoms with Crippen molar-refractivity contribution >= 4 is 61.4 Å². The number of carbonyl (C=O) groups excluding carboxylic acids is 1. The van der Waals surface area contributed by atoms with Gasteiger partial charge in [0.05, 0.1) is 21.2 Å². The molecule has 0 bridgehead atoms. The summed E-state index contributed by atoms with van der Waals surface area (Å²) in [4.78, 5) is 17.1. The molecule has 0 spiro atoms. The third kappa shape index (κ3) is 6.49. The van der Waals surface area contributed by atoms with E-state index < -0.39 is 22.0 Å². The Morgan fingerprint density at radius 1 is 1.05 bits per heavy atom. The van der Waals surface area contributed by atoms with E-state index in [4.69, 9.17) is 11.1 Å². The van der Waals surface area contributed by atoms with E-state index in [9.17, 15) is 13.2 Å². The van der Waals surface area contributed by atoms with E-state index in [2.05, 4.69) is 25.2 Å². The topological polar surface area (TPSA) is 167 Å². The van der Waals surface area contributed by atoms with Crippen molar-refractivity contribution in [1.82, 2.24) is 19.9 Å². The molecule has 2 aromatic heterocycles. The van der Waals surface area contributed by atoms with Crippen molar-refractivity contribution in [2.75, 3.05) is 5.32 Å². The number of aromatic nitrogens is 3. The van der Waals surface area contributed by atoms with Gasteiger partial charge >= 0.3 is 0 Å². The van der Waals surface area contributed by atoms with Gasteiger partial charge in [0.1, 0.15) is 16.5 Å². The summed E-state index contributed by atoms with van der Waals surface area (Å²) in [5.74, 6) is -0.513. The SMILES string of the molecule is Cl.N=C(N)c1cccc(CC(NS(=O)(=O)c2cccc(NC(=O)c3ccn[nH]3)c2)c2nc3ccccc3s2)c1. The van der Waals surface area contributed by atoms with Gasteiger partial charge in [-0.3, -0.25) is 15.3 Å². The quantitative estimate of drug-likeness (QED) is 0.129. The van der Waals surface area contributed by atoms with Gasteiger partial charge in [0.2, 0.25) is 10.0 Å². The second kappa shape index (κ2) is 11.7. The number of nitrogens with zero attached hydrogens (tertiary/aromatic N) is 2. The first-order chi connectivity index (χ1) is 18.3. The average molecular weight is 582 g/mol. The number of fused-ring (bicyclic) bond motifs is 1. The minimum absolute atomic E-state index is 0. The minimum atomic E-state index is -4.03. The lowest BCUT2D eigenvalue weighted by molar-refractivity contribution is 0.102. The molecule has 0 fully saturated rings. The maximum absolute atomic E-state index is 13.5. The molecule has 200 valence electrons. The molecule has 1 atom stereocenters. The summed E-state index contributed by atoms with van der Waals surface area (Å²) in [6.07, 6.45) is 1.74. The number of amidine groups is 1. The van der Waals surface area contributed by atoms with Crippen LogP contribution in [0, 0.1) is 5.41 Å². The van der Waals surface area contributed by atoms with E-state index in [-0.39, 0.29) is 35.3 Å². The number of amides is 1. The van der Waals surface area contributed by atoms with Crippen molar-refractivity contribution in [3.8, 4) is 0 Å². The standard InChI is InChI=1S/C26H23N7O3S2.ClH/c27-24(28)17-6-3-5-16(13-17)14-22(26-31-20-9-1-2-10-23(20)37-26)33-38(35,36)19-8-4-7-18(15-19)30-25(34)21-11-12-29-32-21;/h1-13,15,22,33H,14H2,(H3,27,28)(H,29,32)(H,30,34);1H. The van der Waals surface area contributed by atoms with Crippen LogP contribution in [0.3, 0.4) is 0 Å². The molecule has 0 radical (unpaired) electrons. The number of carbonyl (C=O) groups is 1. The van der Waals surface area contributed by atoms with Gasteiger partial charge in [-0.15, -0.1) is 23.7 Å². The third-order valence-electron chi connectivity index (χ3n) is 5.73. The monoisotopic (exact) mass is 581 g/mol. The van der Waals surface area contributed by atoms with Gasteiger partial charge in [-0.1, -0.05) is 36.4 Å². The van der Waals surface area contributed by atoms with Crippen LogP contribution in [0.1, 0.15) is 32.7 Å². The first-order valence-corrected chi connectivity index (χ1v) is 13.8. The lowest BCUT2D eigenvalue weighted by atomic mass is 10.0. The zero-order valence-electron chi connectivity index (χ0n) is 20.3. The van der Waals surface area contributed by atoms with Gasteiger partial charge in [0.15, 0.2) is 0 Å². The van der Waals surface area contributed by atoms with Crippen molar-refractivity contribution in [3.63, 3.8) is 0 Å². The molecule has 0 aliphatic rings. The van der Waals surface area contributed by atoms with Crippen LogP contribution in [0.2, 0.25) is 0 Å². The number of H-pyrrole nitrogens is 1. The Kier molecular flexibility index (Phi) is 8.41. The van der Waals surface area contributed by atoms with E-state index in [1.807, 2.05) is 30.3 Å². The molecule has 3 aromatic carbocycles. The number of sulfonamides is 1. The number of para-hydroxylation sites is 1. The van der Waals surface area contributed by atoms with Gasteiger partial charge in [-0.05, 0) is 54.4 Å². The van der Waals surface area contributed by atoms with Crippen LogP contribution >= 0.6 is 23.7 Å². The zero-order valence-corrected chi connectivity index (χ0v) is 22.7. The minimum Gasteiger partial charge on any atom is -0.384 e. The highest BCUT2D eigenvalue weighted by Gasteiger charge is 2.25. The summed E-state index contributed by atoms with van der Waals surface area (Å²) in [5.41, 5.74) is 8.35. The van der Waals surface area contributed by atoms with Crippen molar-refractivity contribution in [1.29, 1.82) is 5.41 Å². The number of nitrogens with one attached hydrogen (secondary N) is 4. The number of hydrogen-bond donors (Lipinski definition) is 5. The number of aromatic amines is 1. The summed E-state index contributed by atoms with van der Waals surface area (Å²) < 4.78 is 30.8. The number of nitrogen functional groups attached to an aromatic ring is 1. The van der Waals surface area contributed by atoms with Gasteiger partial charge < -0.3 is 11.1 Å². The number of thiazole rings is 1. The molecular weight excluding hydrogens is 558 g/mol. The maximum atomic E-state index is 13.5. The zero-order chi connectivity index (χ0) is 26.7. The van der Waals surface area contributed by atoms with E-state index in [0.29, 0.717) is 16.3 Å². The number of anilines is 1. The normalized spacial score (nSPS) is 12.0. The fourth-order valence-electron chi connectivity index (χ4n) is 3.90.